The molecule has 0 fully saturated rings. The molecule has 0 amide bonds. The average molecular weight is 906 g/mol. The Balaban J connectivity index is 1.09. The summed E-state index contributed by atoms with van der Waals surface area (Å²) in [6.45, 7) is 4.72. The van der Waals surface area contributed by atoms with Gasteiger partial charge in [-0.05, 0) is 119 Å². The Morgan fingerprint density at radius 1 is 0.268 bits per heavy atom. The molecular weight excluding hydrogens is 855 g/mol. The van der Waals surface area contributed by atoms with Crippen LogP contribution < -0.4 is 4.90 Å². The van der Waals surface area contributed by atoms with Crippen molar-refractivity contribution in [1.29, 1.82) is 0 Å². The van der Waals surface area contributed by atoms with E-state index in [2.05, 4.69) is 292 Å². The lowest BCUT2D eigenvalue weighted by Crippen LogP contribution is -2.28. The lowest BCUT2D eigenvalue weighted by atomic mass is 9.68. The third-order valence-corrected chi connectivity index (χ3v) is 15.4. The first kappa shape index (κ1) is 42.3. The molecule has 0 bridgehead atoms. The van der Waals surface area contributed by atoms with Gasteiger partial charge in [-0.15, -0.1) is 0 Å². The molecule has 0 aromatic heterocycles. The minimum atomic E-state index is -0.560. The van der Waals surface area contributed by atoms with Crippen molar-refractivity contribution in [3.8, 4) is 66.8 Å². The topological polar surface area (TPSA) is 3.24 Å². The van der Waals surface area contributed by atoms with E-state index in [0.717, 1.165) is 17.1 Å². The number of benzene rings is 11. The Kier molecular flexibility index (Phi) is 10.1. The Hall–Kier alpha value is -8.78. The molecule has 0 heterocycles. The normalized spacial score (nSPS) is 13.4. The Morgan fingerprint density at radius 2 is 0.718 bits per heavy atom. The fourth-order valence-electron chi connectivity index (χ4n) is 12.2. The molecule has 71 heavy (non-hydrogen) atoms. The number of hydrogen-bond acceptors (Lipinski definition) is 1. The zero-order valence-corrected chi connectivity index (χ0v) is 39.9. The molecule has 1 heteroatoms. The first-order valence-electron chi connectivity index (χ1n) is 24.8. The lowest BCUT2D eigenvalue weighted by Gasteiger charge is -2.35. The summed E-state index contributed by atoms with van der Waals surface area (Å²) in [6.07, 6.45) is 0. The summed E-state index contributed by atoms with van der Waals surface area (Å²) in [4.78, 5) is 2.55. The first-order chi connectivity index (χ1) is 35.0. The van der Waals surface area contributed by atoms with Gasteiger partial charge in [0, 0.05) is 22.2 Å². The van der Waals surface area contributed by atoms with Gasteiger partial charge in [0.15, 0.2) is 0 Å². The molecule has 2 aliphatic rings. The van der Waals surface area contributed by atoms with Gasteiger partial charge in [0.2, 0.25) is 0 Å². The van der Waals surface area contributed by atoms with Gasteiger partial charge in [0.05, 0.1) is 16.8 Å². The summed E-state index contributed by atoms with van der Waals surface area (Å²) >= 11 is 0. The summed E-state index contributed by atoms with van der Waals surface area (Å²) in [7, 11) is 0. The van der Waals surface area contributed by atoms with E-state index >= 15 is 0 Å². The maximum absolute atomic E-state index is 2.55. The smallest absolute Gasteiger partial charge is 0.0714 e. The van der Waals surface area contributed by atoms with Gasteiger partial charge >= 0.3 is 0 Å². The van der Waals surface area contributed by atoms with Crippen molar-refractivity contribution >= 4 is 17.1 Å². The van der Waals surface area contributed by atoms with E-state index in [-0.39, 0.29) is 5.41 Å². The van der Waals surface area contributed by atoms with Crippen LogP contribution in [-0.4, -0.2) is 0 Å². The third-order valence-electron chi connectivity index (χ3n) is 15.4. The molecule has 0 atom stereocenters. The van der Waals surface area contributed by atoms with Crippen LogP contribution >= 0.6 is 0 Å². The van der Waals surface area contributed by atoms with Crippen LogP contribution in [-0.2, 0) is 10.8 Å². The maximum Gasteiger partial charge on any atom is 0.0714 e. The second kappa shape index (κ2) is 17.0. The average Bonchev–Trinajstić information content (AvgIpc) is 3.88. The van der Waals surface area contributed by atoms with E-state index in [1.54, 1.807) is 0 Å². The number of rotatable bonds is 9. The number of anilines is 3. The Morgan fingerprint density at radius 3 is 1.37 bits per heavy atom. The quantitative estimate of drug-likeness (QED) is 0.139. The molecule has 11 aromatic rings. The molecule has 1 nitrogen and oxygen atoms in total. The highest BCUT2D eigenvalue weighted by molar-refractivity contribution is 6.04. The van der Waals surface area contributed by atoms with E-state index in [4.69, 9.17) is 0 Å². The Labute approximate surface area is 417 Å². The van der Waals surface area contributed by atoms with Gasteiger partial charge in [0.1, 0.15) is 0 Å². The van der Waals surface area contributed by atoms with Crippen molar-refractivity contribution in [3.63, 3.8) is 0 Å². The van der Waals surface area contributed by atoms with Crippen LogP contribution in [0.2, 0.25) is 0 Å². The monoisotopic (exact) mass is 905 g/mol. The predicted octanol–water partition coefficient (Wildman–Crippen LogP) is 18.5. The summed E-state index contributed by atoms with van der Waals surface area (Å²) < 4.78 is 0. The van der Waals surface area contributed by atoms with Crippen molar-refractivity contribution in [2.45, 2.75) is 24.7 Å². The van der Waals surface area contributed by atoms with Crippen LogP contribution in [0.25, 0.3) is 66.8 Å². The number of hydrogen-bond donors (Lipinski definition) is 0. The van der Waals surface area contributed by atoms with E-state index in [9.17, 15) is 0 Å². The summed E-state index contributed by atoms with van der Waals surface area (Å²) in [5.74, 6) is 0. The van der Waals surface area contributed by atoms with Gasteiger partial charge in [-0.2, -0.15) is 0 Å². The molecule has 0 radical (unpaired) electrons. The molecule has 0 spiro atoms. The fourth-order valence-corrected chi connectivity index (χ4v) is 12.2. The largest absolute Gasteiger partial charge is 0.309 e. The van der Waals surface area contributed by atoms with Crippen LogP contribution in [0, 0.1) is 0 Å². The van der Waals surface area contributed by atoms with Gasteiger partial charge in [-0.25, -0.2) is 0 Å². The van der Waals surface area contributed by atoms with Gasteiger partial charge in [-0.1, -0.05) is 257 Å². The lowest BCUT2D eigenvalue weighted by molar-refractivity contribution is 0.660. The summed E-state index contributed by atoms with van der Waals surface area (Å²) in [6, 6.07) is 101. The standard InChI is InChI=1S/C70H51N/c1-69(2)61-36-19-17-32-57(61)58-46-43-51(47-64(58)69)48-41-44-54(45-42-48)71(65-39-21-35-56(50-25-9-4-10-26-50)67(65)59-33-16-15-31-55(59)49-23-7-3-8-24-49)66-40-22-38-63-68(66)60-34-18-20-37-62(60)70(63,52-27-11-5-12-28-52)53-29-13-6-14-30-53/h3-47H,1-2H3. The van der Waals surface area contributed by atoms with Crippen LogP contribution in [0.5, 0.6) is 0 Å². The van der Waals surface area contributed by atoms with E-state index in [1.165, 1.54) is 100 Å². The van der Waals surface area contributed by atoms with E-state index in [1.807, 2.05) is 0 Å². The highest BCUT2D eigenvalue weighted by Crippen LogP contribution is 2.60. The molecule has 336 valence electrons. The fraction of sp³-hybridized carbons (Fsp3) is 0.0571. The van der Waals surface area contributed by atoms with Gasteiger partial charge in [-0.3, -0.25) is 0 Å². The van der Waals surface area contributed by atoms with Crippen LogP contribution in [0.1, 0.15) is 47.2 Å². The Bertz CT molecular complexity index is 3720. The first-order valence-corrected chi connectivity index (χ1v) is 24.8. The van der Waals surface area contributed by atoms with Crippen molar-refractivity contribution in [3.05, 3.63) is 306 Å². The van der Waals surface area contributed by atoms with Gasteiger partial charge < -0.3 is 4.90 Å². The maximum atomic E-state index is 2.55. The molecule has 0 saturated carbocycles. The minimum absolute atomic E-state index is 0.0897. The second-order valence-corrected chi connectivity index (χ2v) is 19.5. The van der Waals surface area contributed by atoms with E-state index < -0.39 is 5.41 Å². The van der Waals surface area contributed by atoms with Crippen LogP contribution in [0.4, 0.5) is 17.1 Å². The molecule has 2 aliphatic carbocycles. The molecule has 0 aliphatic heterocycles. The molecule has 0 N–H and O–H groups in total. The van der Waals surface area contributed by atoms with Crippen molar-refractivity contribution in [2.75, 3.05) is 4.90 Å². The number of nitrogens with zero attached hydrogens (tertiary/aromatic N) is 1. The van der Waals surface area contributed by atoms with Crippen molar-refractivity contribution in [1.82, 2.24) is 0 Å². The predicted molar refractivity (Wildman–Crippen MR) is 298 cm³/mol. The molecular formula is C70H51N. The summed E-state index contributed by atoms with van der Waals surface area (Å²) in [5, 5.41) is 0. The molecule has 11 aromatic carbocycles. The number of fused-ring (bicyclic) bond motifs is 6. The SMILES string of the molecule is CC1(C)c2ccccc2-c2ccc(-c3ccc(N(c4cccc(-c5ccccc5)c4-c4ccccc4-c4ccccc4)c4cccc5c4-c4ccccc4C5(c4ccccc4)c4ccccc4)cc3)cc21. The minimum Gasteiger partial charge on any atom is -0.309 e. The van der Waals surface area contributed by atoms with Crippen molar-refractivity contribution in [2.24, 2.45) is 0 Å². The highest BCUT2D eigenvalue weighted by Gasteiger charge is 2.47. The molecule has 13 rings (SSSR count). The van der Waals surface area contributed by atoms with E-state index in [0.29, 0.717) is 0 Å². The zero-order chi connectivity index (χ0) is 47.5. The van der Waals surface area contributed by atoms with Crippen molar-refractivity contribution < 1.29 is 0 Å². The highest BCUT2D eigenvalue weighted by atomic mass is 15.1. The molecule has 0 saturated heterocycles. The molecule has 0 unspecified atom stereocenters. The third kappa shape index (κ3) is 6.68. The van der Waals surface area contributed by atoms with Crippen LogP contribution in [0.15, 0.2) is 273 Å². The second-order valence-electron chi connectivity index (χ2n) is 19.5. The van der Waals surface area contributed by atoms with Gasteiger partial charge in [0.25, 0.3) is 0 Å². The van der Waals surface area contributed by atoms with Crippen LogP contribution in [0.3, 0.4) is 0 Å². The zero-order valence-electron chi connectivity index (χ0n) is 39.9. The summed E-state index contributed by atoms with van der Waals surface area (Å²) in [5.41, 5.74) is 25.0.